The molecule has 0 aromatic carbocycles. The maximum absolute atomic E-state index is 10.1. The third kappa shape index (κ3) is 3.18. The van der Waals surface area contributed by atoms with Crippen LogP contribution in [0.4, 0.5) is 0 Å². The second-order valence-corrected chi connectivity index (χ2v) is 4.57. The molecule has 1 N–H and O–H groups in total. The minimum atomic E-state index is -0.734. The van der Waals surface area contributed by atoms with E-state index >= 15 is 0 Å². The summed E-state index contributed by atoms with van der Waals surface area (Å²) in [4.78, 5) is 0. The van der Waals surface area contributed by atoms with Gasteiger partial charge in [0.1, 0.15) is 0 Å². The minimum Gasteiger partial charge on any atom is -0.472 e. The van der Waals surface area contributed by atoms with Crippen molar-refractivity contribution in [1.29, 1.82) is 0 Å². The van der Waals surface area contributed by atoms with Crippen LogP contribution in [0.1, 0.15) is 45.6 Å². The molecule has 0 saturated heterocycles. The number of aliphatic hydroxyl groups is 1. The lowest BCUT2D eigenvalue weighted by Gasteiger charge is -2.21. The first-order valence-corrected chi connectivity index (χ1v) is 5.27. The van der Waals surface area contributed by atoms with Gasteiger partial charge in [-0.05, 0) is 31.7 Å². The third-order valence-corrected chi connectivity index (χ3v) is 2.59. The molecule has 1 rings (SSSR count). The Hall–Kier alpha value is -0.760. The molecule has 0 spiro atoms. The van der Waals surface area contributed by atoms with Crippen LogP contribution in [0, 0.1) is 5.92 Å². The monoisotopic (exact) mass is 196 g/mol. The first kappa shape index (κ1) is 11.3. The van der Waals surface area contributed by atoms with Gasteiger partial charge in [-0.25, -0.2) is 0 Å². The average Bonchev–Trinajstić information content (AvgIpc) is 2.54. The predicted molar refractivity (Wildman–Crippen MR) is 57.0 cm³/mol. The molecular formula is C12H20O2. The average molecular weight is 196 g/mol. The summed E-state index contributed by atoms with van der Waals surface area (Å²) in [5.41, 5.74) is 0.142. The smallest absolute Gasteiger partial charge is 0.0963 e. The van der Waals surface area contributed by atoms with Crippen molar-refractivity contribution < 1.29 is 9.52 Å². The molecule has 0 aliphatic carbocycles. The highest BCUT2D eigenvalue weighted by Gasteiger charge is 2.23. The van der Waals surface area contributed by atoms with Crippen LogP contribution in [0.5, 0.6) is 0 Å². The van der Waals surface area contributed by atoms with Gasteiger partial charge >= 0.3 is 0 Å². The standard InChI is InChI=1S/C12H20O2/c1-10(2)5-4-7-12(3,13)11-6-8-14-9-11/h6,8-10,13H,4-5,7H2,1-3H3. The molecule has 1 atom stereocenters. The van der Waals surface area contributed by atoms with E-state index in [4.69, 9.17) is 4.42 Å². The summed E-state index contributed by atoms with van der Waals surface area (Å²) in [6.07, 6.45) is 6.23. The van der Waals surface area contributed by atoms with Crippen LogP contribution < -0.4 is 0 Å². The quantitative estimate of drug-likeness (QED) is 0.783. The SMILES string of the molecule is CC(C)CCCC(C)(O)c1ccoc1. The van der Waals surface area contributed by atoms with E-state index in [1.807, 2.05) is 13.0 Å². The van der Waals surface area contributed by atoms with Gasteiger partial charge in [-0.15, -0.1) is 0 Å². The van der Waals surface area contributed by atoms with Crippen molar-refractivity contribution in [1.82, 2.24) is 0 Å². The summed E-state index contributed by atoms with van der Waals surface area (Å²) >= 11 is 0. The summed E-state index contributed by atoms with van der Waals surface area (Å²) < 4.78 is 4.97. The van der Waals surface area contributed by atoms with E-state index in [1.54, 1.807) is 12.5 Å². The summed E-state index contributed by atoms with van der Waals surface area (Å²) in [5, 5.41) is 10.1. The van der Waals surface area contributed by atoms with Gasteiger partial charge in [-0.3, -0.25) is 0 Å². The van der Waals surface area contributed by atoms with Crippen molar-refractivity contribution in [2.75, 3.05) is 0 Å². The number of hydrogen-bond donors (Lipinski definition) is 1. The predicted octanol–water partition coefficient (Wildman–Crippen LogP) is 3.31. The number of furan rings is 1. The topological polar surface area (TPSA) is 33.4 Å². The lowest BCUT2D eigenvalue weighted by molar-refractivity contribution is 0.0435. The third-order valence-electron chi connectivity index (χ3n) is 2.59. The van der Waals surface area contributed by atoms with Crippen molar-refractivity contribution in [3.05, 3.63) is 24.2 Å². The lowest BCUT2D eigenvalue weighted by atomic mass is 9.91. The highest BCUT2D eigenvalue weighted by atomic mass is 16.3. The van der Waals surface area contributed by atoms with Crippen molar-refractivity contribution >= 4 is 0 Å². The van der Waals surface area contributed by atoms with Crippen molar-refractivity contribution in [3.8, 4) is 0 Å². The maximum Gasteiger partial charge on any atom is 0.0963 e. The zero-order valence-corrected chi connectivity index (χ0v) is 9.29. The Balaban J connectivity index is 2.42. The molecule has 2 nitrogen and oxygen atoms in total. The molecular weight excluding hydrogens is 176 g/mol. The van der Waals surface area contributed by atoms with Gasteiger partial charge in [0.05, 0.1) is 18.1 Å². The van der Waals surface area contributed by atoms with E-state index in [-0.39, 0.29) is 0 Å². The Morgan fingerprint density at radius 2 is 2.21 bits per heavy atom. The molecule has 0 amide bonds. The highest BCUT2D eigenvalue weighted by Crippen LogP contribution is 2.27. The first-order chi connectivity index (χ1) is 6.52. The van der Waals surface area contributed by atoms with Gasteiger partial charge < -0.3 is 9.52 Å². The van der Waals surface area contributed by atoms with Gasteiger partial charge in [-0.2, -0.15) is 0 Å². The second-order valence-electron chi connectivity index (χ2n) is 4.57. The van der Waals surface area contributed by atoms with Crippen LogP contribution in [0.2, 0.25) is 0 Å². The fraction of sp³-hybridized carbons (Fsp3) is 0.667. The Bertz CT molecular complexity index is 247. The molecule has 0 fully saturated rings. The number of hydrogen-bond acceptors (Lipinski definition) is 2. The molecule has 0 bridgehead atoms. The van der Waals surface area contributed by atoms with Crippen molar-refractivity contribution in [2.24, 2.45) is 5.92 Å². The summed E-state index contributed by atoms with van der Waals surface area (Å²) in [6, 6.07) is 1.83. The van der Waals surface area contributed by atoms with Crippen LogP contribution in [0.15, 0.2) is 23.0 Å². The van der Waals surface area contributed by atoms with E-state index in [9.17, 15) is 5.11 Å². The molecule has 0 saturated carbocycles. The second kappa shape index (κ2) is 4.65. The fourth-order valence-corrected chi connectivity index (χ4v) is 1.57. The Labute approximate surface area is 85.9 Å². The lowest BCUT2D eigenvalue weighted by Crippen LogP contribution is -2.20. The molecule has 0 aliphatic heterocycles. The van der Waals surface area contributed by atoms with Gasteiger partial charge in [0, 0.05) is 5.56 Å². The molecule has 2 heteroatoms. The molecule has 0 aliphatic rings. The van der Waals surface area contributed by atoms with Crippen LogP contribution >= 0.6 is 0 Å². The molecule has 14 heavy (non-hydrogen) atoms. The largest absolute Gasteiger partial charge is 0.472 e. The first-order valence-electron chi connectivity index (χ1n) is 5.27. The van der Waals surface area contributed by atoms with Gasteiger partial charge in [-0.1, -0.05) is 20.3 Å². The highest BCUT2D eigenvalue weighted by molar-refractivity contribution is 5.14. The van der Waals surface area contributed by atoms with Crippen LogP contribution in [-0.2, 0) is 5.60 Å². The van der Waals surface area contributed by atoms with Crippen molar-refractivity contribution in [3.63, 3.8) is 0 Å². The minimum absolute atomic E-state index is 0.704. The molecule has 1 heterocycles. The van der Waals surface area contributed by atoms with Crippen LogP contribution in [0.3, 0.4) is 0 Å². The van der Waals surface area contributed by atoms with E-state index in [2.05, 4.69) is 13.8 Å². The van der Waals surface area contributed by atoms with Crippen LogP contribution in [0.25, 0.3) is 0 Å². The summed E-state index contributed by atoms with van der Waals surface area (Å²) in [7, 11) is 0. The van der Waals surface area contributed by atoms with E-state index < -0.39 is 5.60 Å². The zero-order valence-electron chi connectivity index (χ0n) is 9.29. The molecule has 0 radical (unpaired) electrons. The maximum atomic E-state index is 10.1. The van der Waals surface area contributed by atoms with Crippen LogP contribution in [-0.4, -0.2) is 5.11 Å². The van der Waals surface area contributed by atoms with Crippen molar-refractivity contribution in [2.45, 2.75) is 45.6 Å². The molecule has 80 valence electrons. The summed E-state index contributed by atoms with van der Waals surface area (Å²) in [5.74, 6) is 0.704. The van der Waals surface area contributed by atoms with Gasteiger partial charge in [0.15, 0.2) is 0 Å². The van der Waals surface area contributed by atoms with Gasteiger partial charge in [0.25, 0.3) is 0 Å². The van der Waals surface area contributed by atoms with E-state index in [1.165, 1.54) is 0 Å². The Kier molecular flexibility index (Phi) is 3.76. The molecule has 1 aromatic rings. The van der Waals surface area contributed by atoms with Gasteiger partial charge in [0.2, 0.25) is 0 Å². The van der Waals surface area contributed by atoms with E-state index in [0.29, 0.717) is 5.92 Å². The molecule has 1 aromatic heterocycles. The number of rotatable bonds is 5. The fourth-order valence-electron chi connectivity index (χ4n) is 1.57. The summed E-state index contributed by atoms with van der Waals surface area (Å²) in [6.45, 7) is 6.25. The Morgan fingerprint density at radius 1 is 1.50 bits per heavy atom. The van der Waals surface area contributed by atoms with E-state index in [0.717, 1.165) is 24.8 Å². The normalized spacial score (nSPS) is 15.8. The Morgan fingerprint density at radius 3 is 2.71 bits per heavy atom. The zero-order chi connectivity index (χ0) is 10.6. The molecule has 1 unspecified atom stereocenters.